The van der Waals surface area contributed by atoms with Gasteiger partial charge in [-0.05, 0) is 18.4 Å². The Morgan fingerprint density at radius 3 is 2.94 bits per heavy atom. The molecular formula is C10H13ClN2O2S. The highest BCUT2D eigenvalue weighted by molar-refractivity contribution is 7.89. The lowest BCUT2D eigenvalue weighted by molar-refractivity contribution is 0.575. The Hall–Kier alpha value is -0.650. The maximum Gasteiger partial charge on any atom is 0.243 e. The molecule has 16 heavy (non-hydrogen) atoms. The quantitative estimate of drug-likeness (QED) is 0.898. The van der Waals surface area contributed by atoms with E-state index in [1.807, 2.05) is 0 Å². The highest BCUT2D eigenvalue weighted by Gasteiger charge is 2.39. The van der Waals surface area contributed by atoms with Gasteiger partial charge in [0.2, 0.25) is 10.0 Å². The van der Waals surface area contributed by atoms with Crippen LogP contribution in [0.1, 0.15) is 19.8 Å². The molecule has 2 rings (SSSR count). The molecule has 6 heteroatoms. The lowest BCUT2D eigenvalue weighted by Gasteiger charge is -2.06. The van der Waals surface area contributed by atoms with Gasteiger partial charge in [0.25, 0.3) is 0 Å². The van der Waals surface area contributed by atoms with Crippen LogP contribution in [0.3, 0.4) is 0 Å². The van der Waals surface area contributed by atoms with E-state index in [1.165, 1.54) is 18.5 Å². The summed E-state index contributed by atoms with van der Waals surface area (Å²) in [5, 5.41) is 0.205. The number of nitrogens with one attached hydrogen (secondary N) is 1. The van der Waals surface area contributed by atoms with Crippen LogP contribution >= 0.6 is 11.6 Å². The van der Waals surface area contributed by atoms with Gasteiger partial charge >= 0.3 is 0 Å². The Morgan fingerprint density at radius 1 is 1.62 bits per heavy atom. The summed E-state index contributed by atoms with van der Waals surface area (Å²) in [7, 11) is -3.52. The van der Waals surface area contributed by atoms with Gasteiger partial charge in [-0.3, -0.25) is 4.98 Å². The predicted molar refractivity (Wildman–Crippen MR) is 61.8 cm³/mol. The third-order valence-corrected chi connectivity index (χ3v) is 4.74. The zero-order valence-electron chi connectivity index (χ0n) is 8.85. The summed E-state index contributed by atoms with van der Waals surface area (Å²) in [6, 6.07) is 1.53. The number of rotatable bonds is 4. The lowest BCUT2D eigenvalue weighted by atomic mass is 10.3. The van der Waals surface area contributed by atoms with Crippen LogP contribution < -0.4 is 4.72 Å². The first-order valence-electron chi connectivity index (χ1n) is 5.16. The number of aromatic nitrogens is 1. The molecule has 1 aliphatic rings. The average molecular weight is 261 g/mol. The van der Waals surface area contributed by atoms with E-state index in [-0.39, 0.29) is 16.0 Å². The van der Waals surface area contributed by atoms with E-state index in [9.17, 15) is 8.42 Å². The van der Waals surface area contributed by atoms with Crippen molar-refractivity contribution in [3.63, 3.8) is 0 Å². The van der Waals surface area contributed by atoms with Crippen molar-refractivity contribution in [1.82, 2.24) is 9.71 Å². The van der Waals surface area contributed by atoms with E-state index in [4.69, 9.17) is 11.6 Å². The van der Waals surface area contributed by atoms with Crippen LogP contribution in [-0.4, -0.2) is 19.4 Å². The third kappa shape index (κ3) is 2.36. The van der Waals surface area contributed by atoms with Crippen LogP contribution in [0.15, 0.2) is 23.4 Å². The predicted octanol–water partition coefficient (Wildman–Crippen LogP) is 1.81. The first-order valence-corrected chi connectivity index (χ1v) is 7.02. The molecule has 1 aliphatic carbocycles. The fourth-order valence-electron chi connectivity index (χ4n) is 1.67. The van der Waals surface area contributed by atoms with Crippen LogP contribution in [0.5, 0.6) is 0 Å². The number of sulfonamides is 1. The zero-order chi connectivity index (χ0) is 11.8. The summed E-state index contributed by atoms with van der Waals surface area (Å²) >= 11 is 5.82. The molecule has 88 valence electrons. The van der Waals surface area contributed by atoms with E-state index in [1.54, 1.807) is 0 Å². The second-order valence-corrected chi connectivity index (χ2v) is 6.03. The molecule has 0 aromatic carbocycles. The van der Waals surface area contributed by atoms with E-state index in [0.717, 1.165) is 12.8 Å². The Balaban J connectivity index is 2.17. The normalized spacial score (nSPS) is 24.4. The number of nitrogens with zero attached hydrogens (tertiary/aromatic N) is 1. The zero-order valence-corrected chi connectivity index (χ0v) is 10.4. The maximum absolute atomic E-state index is 11.9. The fraction of sp³-hybridized carbons (Fsp3) is 0.500. The average Bonchev–Trinajstić information content (AvgIpc) is 2.96. The highest BCUT2D eigenvalue weighted by Crippen LogP contribution is 2.34. The van der Waals surface area contributed by atoms with Crippen molar-refractivity contribution >= 4 is 21.6 Å². The summed E-state index contributed by atoms with van der Waals surface area (Å²) in [6.07, 6.45) is 4.64. The first kappa shape index (κ1) is 11.8. The van der Waals surface area contributed by atoms with E-state index in [2.05, 4.69) is 16.6 Å². The van der Waals surface area contributed by atoms with Gasteiger partial charge < -0.3 is 0 Å². The molecule has 1 fully saturated rings. The van der Waals surface area contributed by atoms with Gasteiger partial charge in [-0.1, -0.05) is 24.9 Å². The number of hydrogen-bond donors (Lipinski definition) is 1. The molecule has 0 radical (unpaired) electrons. The van der Waals surface area contributed by atoms with Crippen molar-refractivity contribution in [3.05, 3.63) is 23.5 Å². The van der Waals surface area contributed by atoms with Crippen molar-refractivity contribution in [1.29, 1.82) is 0 Å². The van der Waals surface area contributed by atoms with Gasteiger partial charge in [0, 0.05) is 18.4 Å². The van der Waals surface area contributed by atoms with E-state index >= 15 is 0 Å². The summed E-state index contributed by atoms with van der Waals surface area (Å²) in [6.45, 7) is 2.05. The molecule has 0 bridgehead atoms. The molecule has 1 heterocycles. The lowest BCUT2D eigenvalue weighted by Crippen LogP contribution is -2.27. The smallest absolute Gasteiger partial charge is 0.243 e. The second kappa shape index (κ2) is 4.31. The summed E-state index contributed by atoms with van der Waals surface area (Å²) in [5.41, 5.74) is 0. The third-order valence-electron chi connectivity index (χ3n) is 2.78. The van der Waals surface area contributed by atoms with Crippen molar-refractivity contribution in [2.24, 2.45) is 5.92 Å². The summed E-state index contributed by atoms with van der Waals surface area (Å²) in [4.78, 5) is 3.83. The van der Waals surface area contributed by atoms with Crippen LogP contribution in [0.2, 0.25) is 5.02 Å². The molecule has 4 nitrogen and oxygen atoms in total. The minimum atomic E-state index is -3.52. The van der Waals surface area contributed by atoms with Crippen LogP contribution in [0.25, 0.3) is 0 Å². The molecule has 0 saturated heterocycles. The Labute approximate surface area is 100 Å². The van der Waals surface area contributed by atoms with Crippen molar-refractivity contribution < 1.29 is 8.42 Å². The molecule has 1 aromatic rings. The van der Waals surface area contributed by atoms with E-state index in [0.29, 0.717) is 5.92 Å². The minimum absolute atomic E-state index is 0.0541. The molecule has 1 aromatic heterocycles. The van der Waals surface area contributed by atoms with Crippen molar-refractivity contribution in [3.8, 4) is 0 Å². The van der Waals surface area contributed by atoms with Crippen LogP contribution in [0.4, 0.5) is 0 Å². The minimum Gasteiger partial charge on any atom is -0.263 e. The first-order chi connectivity index (χ1) is 7.54. The van der Waals surface area contributed by atoms with Crippen LogP contribution in [-0.2, 0) is 10.0 Å². The highest BCUT2D eigenvalue weighted by atomic mass is 35.5. The molecule has 0 aliphatic heterocycles. The largest absolute Gasteiger partial charge is 0.263 e. The Kier molecular flexibility index (Phi) is 3.19. The standard InChI is InChI=1S/C10H13ClN2O2S/c1-2-7-5-9(7)13-16(14,15)10-6-12-4-3-8(10)11/h3-4,6-7,9,13H,2,5H2,1H3. The van der Waals surface area contributed by atoms with E-state index < -0.39 is 10.0 Å². The Bertz CT molecular complexity index is 489. The molecule has 1 N–H and O–H groups in total. The maximum atomic E-state index is 11.9. The second-order valence-electron chi connectivity index (χ2n) is 3.94. The number of halogens is 1. The number of hydrogen-bond acceptors (Lipinski definition) is 3. The Morgan fingerprint density at radius 2 is 2.38 bits per heavy atom. The van der Waals surface area contributed by atoms with Crippen molar-refractivity contribution in [2.75, 3.05) is 0 Å². The molecule has 0 amide bonds. The molecular weight excluding hydrogens is 248 g/mol. The molecule has 0 spiro atoms. The van der Waals surface area contributed by atoms with Gasteiger partial charge in [0.1, 0.15) is 4.90 Å². The summed E-state index contributed by atoms with van der Waals surface area (Å²) < 4.78 is 26.5. The van der Waals surface area contributed by atoms with Gasteiger partial charge in [0.05, 0.1) is 5.02 Å². The van der Waals surface area contributed by atoms with Crippen molar-refractivity contribution in [2.45, 2.75) is 30.7 Å². The SMILES string of the molecule is CCC1CC1NS(=O)(=O)c1cnccc1Cl. The van der Waals surface area contributed by atoms with Gasteiger partial charge in [-0.15, -0.1) is 0 Å². The van der Waals surface area contributed by atoms with Gasteiger partial charge in [-0.2, -0.15) is 0 Å². The number of pyridine rings is 1. The topological polar surface area (TPSA) is 59.1 Å². The van der Waals surface area contributed by atoms with Gasteiger partial charge in [-0.25, -0.2) is 13.1 Å². The van der Waals surface area contributed by atoms with Crippen LogP contribution in [0, 0.1) is 5.92 Å². The molecule has 2 unspecified atom stereocenters. The molecule has 1 saturated carbocycles. The fourth-order valence-corrected chi connectivity index (χ4v) is 3.42. The monoisotopic (exact) mass is 260 g/mol. The summed E-state index contributed by atoms with van der Waals surface area (Å²) in [5.74, 6) is 0.463. The molecule has 2 atom stereocenters. The van der Waals surface area contributed by atoms with Gasteiger partial charge in [0.15, 0.2) is 0 Å².